The van der Waals surface area contributed by atoms with E-state index in [4.69, 9.17) is 0 Å². The van der Waals surface area contributed by atoms with E-state index in [-0.39, 0.29) is 5.78 Å². The Morgan fingerprint density at radius 3 is 2.75 bits per heavy atom. The average molecular weight is 276 g/mol. The molecule has 0 aliphatic rings. The van der Waals surface area contributed by atoms with Crippen molar-refractivity contribution in [3.05, 3.63) is 63.9 Å². The fourth-order valence-corrected chi connectivity index (χ4v) is 2.01. The second-order valence-corrected chi connectivity index (χ2v) is 4.45. The Kier molecular flexibility index (Phi) is 3.15. The van der Waals surface area contributed by atoms with Gasteiger partial charge in [0.1, 0.15) is 0 Å². The van der Waals surface area contributed by atoms with E-state index in [0.29, 0.717) is 5.56 Å². The molecule has 16 heavy (non-hydrogen) atoms. The van der Waals surface area contributed by atoms with Crippen LogP contribution in [0.3, 0.4) is 0 Å². The topological polar surface area (TPSA) is 30.0 Å². The van der Waals surface area contributed by atoms with Gasteiger partial charge in [-0.25, -0.2) is 0 Å². The largest absolute Gasteiger partial charge is 0.289 e. The lowest BCUT2D eigenvalue weighted by Crippen LogP contribution is -2.03. The van der Waals surface area contributed by atoms with Crippen LogP contribution < -0.4 is 0 Å². The quantitative estimate of drug-likeness (QED) is 0.787. The van der Waals surface area contributed by atoms with Gasteiger partial charge in [0.2, 0.25) is 0 Å². The number of halogens is 1. The van der Waals surface area contributed by atoms with Crippen molar-refractivity contribution in [2.75, 3.05) is 0 Å². The molecule has 0 aliphatic carbocycles. The minimum atomic E-state index is 0.0121. The standard InChI is InChI=1S/C13H10BrNO/c1-9-7-11(14)4-5-12(9)13(16)10-3-2-6-15-8-10/h2-8H,1H3. The van der Waals surface area contributed by atoms with Crippen molar-refractivity contribution in [2.24, 2.45) is 0 Å². The third-order valence-corrected chi connectivity index (χ3v) is 2.85. The Hall–Kier alpha value is -1.48. The molecule has 0 aliphatic heterocycles. The van der Waals surface area contributed by atoms with Crippen molar-refractivity contribution in [1.29, 1.82) is 0 Å². The normalized spacial score (nSPS) is 10.1. The SMILES string of the molecule is Cc1cc(Br)ccc1C(=O)c1cccnc1. The molecule has 2 rings (SSSR count). The first kappa shape index (κ1) is 11.0. The van der Waals surface area contributed by atoms with E-state index in [1.165, 1.54) is 0 Å². The molecule has 0 spiro atoms. The maximum atomic E-state index is 12.1. The molecule has 0 bridgehead atoms. The highest BCUT2D eigenvalue weighted by Crippen LogP contribution is 2.18. The number of aryl methyl sites for hydroxylation is 1. The summed E-state index contributed by atoms with van der Waals surface area (Å²) in [6.07, 6.45) is 3.25. The minimum absolute atomic E-state index is 0.0121. The van der Waals surface area contributed by atoms with Crippen molar-refractivity contribution < 1.29 is 4.79 Å². The Morgan fingerprint density at radius 2 is 2.12 bits per heavy atom. The Bertz CT molecular complexity index is 523. The van der Waals surface area contributed by atoms with Crippen LogP contribution in [0.4, 0.5) is 0 Å². The monoisotopic (exact) mass is 275 g/mol. The number of hydrogen-bond donors (Lipinski definition) is 0. The highest BCUT2D eigenvalue weighted by molar-refractivity contribution is 9.10. The van der Waals surface area contributed by atoms with Crippen LogP contribution >= 0.6 is 15.9 Å². The predicted octanol–water partition coefficient (Wildman–Crippen LogP) is 3.38. The molecular formula is C13H10BrNO. The molecule has 2 aromatic rings. The number of benzene rings is 1. The third kappa shape index (κ3) is 2.19. The number of hydrogen-bond acceptors (Lipinski definition) is 2. The van der Waals surface area contributed by atoms with Gasteiger partial charge in [-0.15, -0.1) is 0 Å². The van der Waals surface area contributed by atoms with Crippen molar-refractivity contribution >= 4 is 21.7 Å². The van der Waals surface area contributed by atoms with Gasteiger partial charge in [0.25, 0.3) is 0 Å². The molecule has 0 amide bonds. The molecule has 0 fully saturated rings. The summed E-state index contributed by atoms with van der Waals surface area (Å²) in [6, 6.07) is 9.17. The molecule has 0 N–H and O–H groups in total. The number of nitrogens with zero attached hydrogens (tertiary/aromatic N) is 1. The van der Waals surface area contributed by atoms with Gasteiger partial charge in [0.05, 0.1) is 0 Å². The summed E-state index contributed by atoms with van der Waals surface area (Å²) in [5.74, 6) is 0.0121. The fraction of sp³-hybridized carbons (Fsp3) is 0.0769. The van der Waals surface area contributed by atoms with Gasteiger partial charge >= 0.3 is 0 Å². The van der Waals surface area contributed by atoms with Gasteiger partial charge in [-0.05, 0) is 42.8 Å². The molecule has 2 nitrogen and oxygen atoms in total. The summed E-state index contributed by atoms with van der Waals surface area (Å²) in [7, 11) is 0. The molecule has 0 atom stereocenters. The van der Waals surface area contributed by atoms with Crippen molar-refractivity contribution in [3.63, 3.8) is 0 Å². The van der Waals surface area contributed by atoms with Crippen molar-refractivity contribution in [3.8, 4) is 0 Å². The molecule has 0 radical (unpaired) electrons. The lowest BCUT2D eigenvalue weighted by atomic mass is 10.0. The minimum Gasteiger partial charge on any atom is -0.289 e. The van der Waals surface area contributed by atoms with Gasteiger partial charge in [0.15, 0.2) is 5.78 Å². The molecule has 1 aromatic heterocycles. The van der Waals surface area contributed by atoms with Crippen LogP contribution in [0.2, 0.25) is 0 Å². The summed E-state index contributed by atoms with van der Waals surface area (Å²) >= 11 is 3.38. The molecule has 0 saturated heterocycles. The average Bonchev–Trinajstić information content (AvgIpc) is 2.29. The van der Waals surface area contributed by atoms with Crippen LogP contribution in [0.15, 0.2) is 47.2 Å². The number of rotatable bonds is 2. The second kappa shape index (κ2) is 4.58. The van der Waals surface area contributed by atoms with Gasteiger partial charge < -0.3 is 0 Å². The molecular weight excluding hydrogens is 266 g/mol. The molecule has 0 unspecified atom stereocenters. The smallest absolute Gasteiger partial charge is 0.194 e. The summed E-state index contributed by atoms with van der Waals surface area (Å²) in [4.78, 5) is 16.1. The van der Waals surface area contributed by atoms with E-state index >= 15 is 0 Å². The molecule has 3 heteroatoms. The predicted molar refractivity (Wildman–Crippen MR) is 66.5 cm³/mol. The zero-order valence-corrected chi connectivity index (χ0v) is 10.4. The van der Waals surface area contributed by atoms with E-state index in [9.17, 15) is 4.79 Å². The zero-order valence-electron chi connectivity index (χ0n) is 8.77. The Balaban J connectivity index is 2.42. The molecule has 80 valence electrons. The Labute approximate surface area is 102 Å². The van der Waals surface area contributed by atoms with Crippen LogP contribution in [0, 0.1) is 6.92 Å². The second-order valence-electron chi connectivity index (χ2n) is 3.53. The number of ketones is 1. The van der Waals surface area contributed by atoms with Crippen LogP contribution in [0.25, 0.3) is 0 Å². The lowest BCUT2D eigenvalue weighted by Gasteiger charge is -2.04. The van der Waals surface area contributed by atoms with Gasteiger partial charge in [-0.3, -0.25) is 9.78 Å². The number of carbonyl (C=O) groups excluding carboxylic acids is 1. The number of pyridine rings is 1. The maximum absolute atomic E-state index is 12.1. The summed E-state index contributed by atoms with van der Waals surface area (Å²) in [5, 5.41) is 0. The first-order valence-corrected chi connectivity index (χ1v) is 5.68. The third-order valence-electron chi connectivity index (χ3n) is 2.36. The lowest BCUT2D eigenvalue weighted by molar-refractivity contribution is 0.103. The van der Waals surface area contributed by atoms with Gasteiger partial charge in [-0.1, -0.05) is 15.9 Å². The first-order chi connectivity index (χ1) is 7.68. The highest BCUT2D eigenvalue weighted by atomic mass is 79.9. The van der Waals surface area contributed by atoms with Crippen molar-refractivity contribution in [2.45, 2.75) is 6.92 Å². The fourth-order valence-electron chi connectivity index (χ4n) is 1.53. The zero-order chi connectivity index (χ0) is 11.5. The van der Waals surface area contributed by atoms with E-state index in [1.807, 2.05) is 25.1 Å². The van der Waals surface area contributed by atoms with E-state index in [2.05, 4.69) is 20.9 Å². The number of aromatic nitrogens is 1. The van der Waals surface area contributed by atoms with Crippen LogP contribution in [-0.2, 0) is 0 Å². The first-order valence-electron chi connectivity index (χ1n) is 4.89. The van der Waals surface area contributed by atoms with Crippen LogP contribution in [0.1, 0.15) is 21.5 Å². The molecule has 1 aromatic carbocycles. The van der Waals surface area contributed by atoms with Gasteiger partial charge in [0, 0.05) is 28.0 Å². The van der Waals surface area contributed by atoms with E-state index in [1.54, 1.807) is 24.5 Å². The summed E-state index contributed by atoms with van der Waals surface area (Å²) in [5.41, 5.74) is 2.30. The van der Waals surface area contributed by atoms with E-state index < -0.39 is 0 Å². The number of carbonyl (C=O) groups is 1. The summed E-state index contributed by atoms with van der Waals surface area (Å²) < 4.78 is 0.979. The molecule has 0 saturated carbocycles. The Morgan fingerprint density at radius 1 is 1.31 bits per heavy atom. The molecule has 1 heterocycles. The van der Waals surface area contributed by atoms with Gasteiger partial charge in [-0.2, -0.15) is 0 Å². The highest BCUT2D eigenvalue weighted by Gasteiger charge is 2.11. The van der Waals surface area contributed by atoms with Crippen LogP contribution in [-0.4, -0.2) is 10.8 Å². The van der Waals surface area contributed by atoms with E-state index in [0.717, 1.165) is 15.6 Å². The maximum Gasteiger partial charge on any atom is 0.194 e. The summed E-state index contributed by atoms with van der Waals surface area (Å²) in [6.45, 7) is 1.92. The van der Waals surface area contributed by atoms with Crippen molar-refractivity contribution in [1.82, 2.24) is 4.98 Å². The van der Waals surface area contributed by atoms with Crippen LogP contribution in [0.5, 0.6) is 0 Å².